The molecule has 16 heavy (non-hydrogen) atoms. The molecule has 0 aromatic heterocycles. The van der Waals surface area contributed by atoms with E-state index >= 15 is 0 Å². The molecule has 1 aromatic carbocycles. The lowest BCUT2D eigenvalue weighted by molar-refractivity contribution is -0.790. The van der Waals surface area contributed by atoms with E-state index < -0.39 is 27.0 Å². The molecule has 0 spiro atoms. The first-order valence-corrected chi connectivity index (χ1v) is 4.02. The second-order valence-electron chi connectivity index (χ2n) is 2.86. The molecule has 0 amide bonds. The summed E-state index contributed by atoms with van der Waals surface area (Å²) in [6.45, 7) is 0. The van der Waals surface area contributed by atoms with Gasteiger partial charge in [0.2, 0.25) is 0 Å². The van der Waals surface area contributed by atoms with E-state index in [4.69, 9.17) is 5.11 Å². The number of hydrogen-bond acceptors (Lipinski definition) is 5. The molecule has 84 valence electrons. The molecule has 0 saturated heterocycles. The van der Waals surface area contributed by atoms with Crippen LogP contribution in [0.5, 0.6) is 0 Å². The Morgan fingerprint density at radius 1 is 1.12 bits per heavy atom. The number of hydrogen-bond donors (Lipinski definition) is 1. The van der Waals surface area contributed by atoms with Crippen LogP contribution < -0.4 is 0 Å². The van der Waals surface area contributed by atoms with Crippen molar-refractivity contribution < 1.29 is 19.7 Å². The Morgan fingerprint density at radius 2 is 1.56 bits per heavy atom. The lowest BCUT2D eigenvalue weighted by Crippen LogP contribution is -2.50. The molecule has 0 aliphatic rings. The predicted molar refractivity (Wildman–Crippen MR) is 49.7 cm³/mol. The number of carboxylic acid groups (broad SMARTS) is 1. The monoisotopic (exact) mass is 226 g/mol. The quantitative estimate of drug-likeness (QED) is 0.452. The van der Waals surface area contributed by atoms with E-state index in [0.717, 1.165) is 12.1 Å². The molecule has 0 radical (unpaired) electrons. The van der Waals surface area contributed by atoms with E-state index in [1.54, 1.807) is 0 Å². The second-order valence-corrected chi connectivity index (χ2v) is 2.86. The Labute approximate surface area is 88.4 Å². The van der Waals surface area contributed by atoms with Gasteiger partial charge in [0.15, 0.2) is 0 Å². The van der Waals surface area contributed by atoms with Crippen LogP contribution in [0.2, 0.25) is 0 Å². The molecule has 8 nitrogen and oxygen atoms in total. The van der Waals surface area contributed by atoms with Gasteiger partial charge >= 0.3 is 11.6 Å². The summed E-state index contributed by atoms with van der Waals surface area (Å²) in [5, 5.41) is 30.1. The van der Waals surface area contributed by atoms with Crippen molar-refractivity contribution in [1.29, 1.82) is 0 Å². The van der Waals surface area contributed by atoms with Gasteiger partial charge in [-0.25, -0.2) is 4.79 Å². The van der Waals surface area contributed by atoms with Crippen molar-refractivity contribution in [3.05, 3.63) is 56.1 Å². The summed E-state index contributed by atoms with van der Waals surface area (Å²) in [6.07, 6.45) is 0. The van der Waals surface area contributed by atoms with Gasteiger partial charge in [0, 0.05) is 0 Å². The van der Waals surface area contributed by atoms with E-state index in [1.807, 2.05) is 0 Å². The van der Waals surface area contributed by atoms with E-state index in [9.17, 15) is 25.0 Å². The smallest absolute Gasteiger partial charge is 0.470 e. The van der Waals surface area contributed by atoms with Crippen molar-refractivity contribution in [2.24, 2.45) is 0 Å². The van der Waals surface area contributed by atoms with Crippen LogP contribution in [0.4, 0.5) is 0 Å². The van der Waals surface area contributed by atoms with Gasteiger partial charge < -0.3 is 5.11 Å². The zero-order chi connectivity index (χ0) is 12.3. The fraction of sp³-hybridized carbons (Fsp3) is 0.125. The van der Waals surface area contributed by atoms with Crippen molar-refractivity contribution in [3.8, 4) is 0 Å². The van der Waals surface area contributed by atoms with Gasteiger partial charge in [0.05, 0.1) is 0 Å². The summed E-state index contributed by atoms with van der Waals surface area (Å²) >= 11 is 0. The molecule has 0 unspecified atom stereocenters. The van der Waals surface area contributed by atoms with Crippen LogP contribution in [-0.4, -0.2) is 20.9 Å². The van der Waals surface area contributed by atoms with Crippen LogP contribution in [0.25, 0.3) is 0 Å². The highest BCUT2D eigenvalue weighted by atomic mass is 16.7. The van der Waals surface area contributed by atoms with E-state index in [2.05, 4.69) is 0 Å². The van der Waals surface area contributed by atoms with E-state index in [-0.39, 0.29) is 0 Å². The first-order chi connectivity index (χ1) is 7.44. The van der Waals surface area contributed by atoms with Crippen molar-refractivity contribution in [2.45, 2.75) is 5.66 Å². The number of aliphatic carboxylic acids is 1. The zero-order valence-electron chi connectivity index (χ0n) is 7.77. The lowest BCUT2D eigenvalue weighted by Gasteiger charge is -2.12. The van der Waals surface area contributed by atoms with Crippen LogP contribution in [0, 0.1) is 20.2 Å². The number of rotatable bonds is 4. The molecule has 0 fully saturated rings. The highest BCUT2D eigenvalue weighted by Gasteiger charge is 2.66. The lowest BCUT2D eigenvalue weighted by atomic mass is 10.0. The fourth-order valence-electron chi connectivity index (χ4n) is 1.23. The molecule has 0 bridgehead atoms. The largest absolute Gasteiger partial charge is 0.578 e. The van der Waals surface area contributed by atoms with Crippen LogP contribution >= 0.6 is 0 Å². The van der Waals surface area contributed by atoms with Crippen molar-refractivity contribution >= 4 is 5.97 Å². The summed E-state index contributed by atoms with van der Waals surface area (Å²) in [5.74, 6) is -2.13. The van der Waals surface area contributed by atoms with Gasteiger partial charge in [-0.3, -0.25) is 20.2 Å². The Morgan fingerprint density at radius 3 is 1.88 bits per heavy atom. The zero-order valence-corrected chi connectivity index (χ0v) is 7.77. The minimum atomic E-state index is -3.35. The second kappa shape index (κ2) is 3.93. The summed E-state index contributed by atoms with van der Waals surface area (Å²) in [4.78, 5) is 29.3. The third kappa shape index (κ3) is 1.45. The summed E-state index contributed by atoms with van der Waals surface area (Å²) in [6, 6.07) is 6.11. The molecule has 0 heterocycles. The molecule has 1 rings (SSSR count). The third-order valence-corrected chi connectivity index (χ3v) is 2.00. The number of benzene rings is 1. The Kier molecular flexibility index (Phi) is 2.84. The van der Waals surface area contributed by atoms with Crippen LogP contribution in [-0.2, 0) is 10.5 Å². The molecular weight excluding hydrogens is 220 g/mol. The van der Waals surface area contributed by atoms with Crippen molar-refractivity contribution in [1.82, 2.24) is 0 Å². The first kappa shape index (κ1) is 11.6. The topological polar surface area (TPSA) is 124 Å². The van der Waals surface area contributed by atoms with Gasteiger partial charge in [-0.05, 0) is 12.1 Å². The van der Waals surface area contributed by atoms with Gasteiger partial charge in [0.25, 0.3) is 0 Å². The third-order valence-electron chi connectivity index (χ3n) is 2.00. The Balaban J connectivity index is 3.52. The van der Waals surface area contributed by atoms with Gasteiger partial charge in [0.1, 0.15) is 15.4 Å². The standard InChI is InChI=1S/C8H6N2O6/c11-7(12)8(9(13)14,10(15)16)6-4-2-1-3-5-6/h1-5H,(H,11,12). The minimum Gasteiger partial charge on any atom is -0.470 e. The summed E-state index contributed by atoms with van der Waals surface area (Å²) < 4.78 is 0. The number of nitrogens with zero attached hydrogens (tertiary/aromatic N) is 2. The summed E-state index contributed by atoms with van der Waals surface area (Å²) in [5.41, 5.74) is -3.85. The summed E-state index contributed by atoms with van der Waals surface area (Å²) in [7, 11) is 0. The van der Waals surface area contributed by atoms with Gasteiger partial charge in [-0.2, -0.15) is 0 Å². The molecule has 1 aromatic rings. The maximum Gasteiger partial charge on any atom is 0.578 e. The minimum absolute atomic E-state index is 0.502. The normalized spacial score (nSPS) is 10.8. The number of carboxylic acids is 1. The van der Waals surface area contributed by atoms with E-state index in [1.165, 1.54) is 18.2 Å². The maximum atomic E-state index is 10.8. The molecule has 0 atom stereocenters. The first-order valence-electron chi connectivity index (χ1n) is 4.02. The molecule has 1 N–H and O–H groups in total. The molecule has 8 heteroatoms. The SMILES string of the molecule is O=C(O)C(c1ccccc1)([N+](=O)[O-])[N+](=O)[O-]. The molecule has 0 aliphatic carbocycles. The number of nitro groups is 2. The predicted octanol–water partition coefficient (Wildman–Crippen LogP) is 0.477. The average Bonchev–Trinajstić information content (AvgIpc) is 2.18. The van der Waals surface area contributed by atoms with Gasteiger partial charge in [-0.15, -0.1) is 0 Å². The fourth-order valence-corrected chi connectivity index (χ4v) is 1.23. The van der Waals surface area contributed by atoms with Gasteiger partial charge in [-0.1, -0.05) is 18.2 Å². The highest BCUT2D eigenvalue weighted by Crippen LogP contribution is 2.25. The molecule has 0 saturated carbocycles. The molecular formula is C8H6N2O6. The van der Waals surface area contributed by atoms with E-state index in [0.29, 0.717) is 0 Å². The highest BCUT2D eigenvalue weighted by molar-refractivity contribution is 5.76. The Bertz CT molecular complexity index is 407. The average molecular weight is 226 g/mol. The van der Waals surface area contributed by atoms with Crippen LogP contribution in [0.15, 0.2) is 30.3 Å². The molecule has 0 aliphatic heterocycles. The Hall–Kier alpha value is -2.51. The van der Waals surface area contributed by atoms with Crippen molar-refractivity contribution in [3.63, 3.8) is 0 Å². The van der Waals surface area contributed by atoms with Crippen molar-refractivity contribution in [2.75, 3.05) is 0 Å². The van der Waals surface area contributed by atoms with Crippen LogP contribution in [0.1, 0.15) is 5.56 Å². The number of carbonyl (C=O) groups is 1. The van der Waals surface area contributed by atoms with Crippen LogP contribution in [0.3, 0.4) is 0 Å². The maximum absolute atomic E-state index is 10.8.